The lowest BCUT2D eigenvalue weighted by molar-refractivity contribution is -0.118. The molecule has 5 heteroatoms. The fourth-order valence-corrected chi connectivity index (χ4v) is 1.12. The zero-order chi connectivity index (χ0) is 9.94. The third-order valence-corrected chi connectivity index (χ3v) is 1.85. The molecule has 0 spiro atoms. The zero-order valence-corrected chi connectivity index (χ0v) is 8.73. The highest BCUT2D eigenvalue weighted by Gasteiger charge is 1.97. The zero-order valence-electron chi connectivity index (χ0n) is 7.91. The van der Waals surface area contributed by atoms with E-state index < -0.39 is 0 Å². The monoisotopic (exact) mass is 207 g/mol. The van der Waals surface area contributed by atoms with Crippen molar-refractivity contribution in [3.63, 3.8) is 0 Å². The van der Waals surface area contributed by atoms with Gasteiger partial charge in [0.2, 0.25) is 5.91 Å². The smallest absolute Gasteiger partial charge is 0.229 e. The molecule has 0 aliphatic rings. The number of thioether (sulfide) groups is 1. The predicted octanol–water partition coefficient (Wildman–Crippen LogP) is -0.135. The van der Waals surface area contributed by atoms with E-state index in [9.17, 15) is 4.79 Å². The first-order valence-electron chi connectivity index (χ1n) is 4.25. The topological polar surface area (TPSA) is 58.6 Å². The van der Waals surface area contributed by atoms with E-state index in [0.29, 0.717) is 25.5 Å². The maximum atomic E-state index is 10.9. The Morgan fingerprint density at radius 3 is 2.92 bits per heavy atom. The molecule has 0 saturated heterocycles. The number of nitrogens with one attached hydrogen (secondary N) is 1. The minimum Gasteiger partial charge on any atom is -0.394 e. The first kappa shape index (κ1) is 12.7. The number of carbonyl (C=O) groups is 1. The summed E-state index contributed by atoms with van der Waals surface area (Å²) in [6.45, 7) is 1.66. The van der Waals surface area contributed by atoms with E-state index in [1.165, 1.54) is 11.8 Å². The molecule has 0 bridgehead atoms. The molecule has 2 N–H and O–H groups in total. The fraction of sp³-hybridized carbons (Fsp3) is 0.875. The van der Waals surface area contributed by atoms with E-state index in [1.54, 1.807) is 0 Å². The lowest BCUT2D eigenvalue weighted by Crippen LogP contribution is -2.26. The second-order valence-electron chi connectivity index (χ2n) is 2.47. The highest BCUT2D eigenvalue weighted by Crippen LogP contribution is 1.89. The van der Waals surface area contributed by atoms with Gasteiger partial charge in [0, 0.05) is 13.2 Å². The van der Waals surface area contributed by atoms with E-state index in [0.717, 1.165) is 6.42 Å². The van der Waals surface area contributed by atoms with Gasteiger partial charge < -0.3 is 15.2 Å². The van der Waals surface area contributed by atoms with Gasteiger partial charge >= 0.3 is 0 Å². The fourth-order valence-electron chi connectivity index (χ4n) is 0.751. The third kappa shape index (κ3) is 9.66. The Balaban J connectivity index is 3.02. The summed E-state index contributed by atoms with van der Waals surface area (Å²) in [4.78, 5) is 10.9. The van der Waals surface area contributed by atoms with Crippen molar-refractivity contribution in [1.82, 2.24) is 5.32 Å². The van der Waals surface area contributed by atoms with Crippen LogP contribution in [0.4, 0.5) is 0 Å². The van der Waals surface area contributed by atoms with Gasteiger partial charge in [0.1, 0.15) is 0 Å². The second kappa shape index (κ2) is 9.83. The van der Waals surface area contributed by atoms with Crippen molar-refractivity contribution >= 4 is 17.7 Å². The molecule has 4 nitrogen and oxygen atoms in total. The molecule has 0 aromatic carbocycles. The van der Waals surface area contributed by atoms with E-state index in [2.05, 4.69) is 5.32 Å². The van der Waals surface area contributed by atoms with Crippen molar-refractivity contribution in [2.24, 2.45) is 0 Å². The molecule has 0 radical (unpaired) electrons. The molecular weight excluding hydrogens is 190 g/mol. The van der Waals surface area contributed by atoms with Crippen LogP contribution in [0.3, 0.4) is 0 Å². The van der Waals surface area contributed by atoms with Gasteiger partial charge in [-0.1, -0.05) is 0 Å². The van der Waals surface area contributed by atoms with Gasteiger partial charge in [0.15, 0.2) is 0 Å². The molecular formula is C8H17NO3S. The minimum absolute atomic E-state index is 0.0544. The van der Waals surface area contributed by atoms with Crippen molar-refractivity contribution in [2.45, 2.75) is 6.42 Å². The van der Waals surface area contributed by atoms with E-state index in [-0.39, 0.29) is 12.5 Å². The summed E-state index contributed by atoms with van der Waals surface area (Å²) in [5, 5.41) is 11.1. The van der Waals surface area contributed by atoms with Crippen molar-refractivity contribution in [1.29, 1.82) is 0 Å². The summed E-state index contributed by atoms with van der Waals surface area (Å²) >= 11 is 1.51. The lowest BCUT2D eigenvalue weighted by Gasteiger charge is -2.04. The van der Waals surface area contributed by atoms with Crippen molar-refractivity contribution in [3.05, 3.63) is 0 Å². The molecule has 0 aromatic heterocycles. The highest BCUT2D eigenvalue weighted by atomic mass is 32.2. The summed E-state index contributed by atoms with van der Waals surface area (Å²) < 4.78 is 5.02. The molecule has 0 unspecified atom stereocenters. The molecule has 0 saturated carbocycles. The number of aliphatic hydroxyl groups excluding tert-OH is 1. The van der Waals surface area contributed by atoms with Gasteiger partial charge in [-0.2, -0.15) is 11.8 Å². The molecule has 0 rings (SSSR count). The summed E-state index contributed by atoms with van der Waals surface area (Å²) in [7, 11) is 0. The van der Waals surface area contributed by atoms with Crippen LogP contribution < -0.4 is 5.32 Å². The number of amides is 1. The van der Waals surface area contributed by atoms with Gasteiger partial charge in [0.05, 0.1) is 19.0 Å². The van der Waals surface area contributed by atoms with Crippen molar-refractivity contribution in [2.75, 3.05) is 38.4 Å². The quantitative estimate of drug-likeness (QED) is 0.544. The van der Waals surface area contributed by atoms with E-state index in [4.69, 9.17) is 9.84 Å². The number of aliphatic hydroxyl groups is 1. The minimum atomic E-state index is 0.0544. The molecule has 0 aliphatic carbocycles. The summed E-state index contributed by atoms with van der Waals surface area (Å²) in [5.41, 5.74) is 0. The normalized spacial score (nSPS) is 10.0. The summed E-state index contributed by atoms with van der Waals surface area (Å²) in [5.74, 6) is 0.576. The predicted molar refractivity (Wildman–Crippen MR) is 53.9 cm³/mol. The number of ether oxygens (including phenoxy) is 1. The van der Waals surface area contributed by atoms with E-state index in [1.807, 2.05) is 6.26 Å². The number of hydrogen-bond donors (Lipinski definition) is 2. The first-order valence-corrected chi connectivity index (χ1v) is 5.65. The van der Waals surface area contributed by atoms with Gasteiger partial charge in [-0.3, -0.25) is 4.79 Å². The van der Waals surface area contributed by atoms with Crippen LogP contribution in [-0.4, -0.2) is 49.4 Å². The number of carbonyl (C=O) groups excluding carboxylic acids is 1. The van der Waals surface area contributed by atoms with Gasteiger partial charge in [-0.05, 0) is 12.7 Å². The van der Waals surface area contributed by atoms with Crippen LogP contribution in [0.5, 0.6) is 0 Å². The van der Waals surface area contributed by atoms with Crippen LogP contribution in [0.15, 0.2) is 0 Å². The average molecular weight is 207 g/mol. The van der Waals surface area contributed by atoms with Gasteiger partial charge in [0.25, 0.3) is 0 Å². The molecule has 13 heavy (non-hydrogen) atoms. The molecule has 0 atom stereocenters. The van der Waals surface area contributed by atoms with Crippen LogP contribution in [0, 0.1) is 0 Å². The maximum Gasteiger partial charge on any atom is 0.229 e. The Morgan fingerprint density at radius 1 is 1.54 bits per heavy atom. The Bertz CT molecular complexity index is 133. The highest BCUT2D eigenvalue weighted by molar-refractivity contribution is 7.99. The van der Waals surface area contributed by atoms with Crippen LogP contribution in [0.2, 0.25) is 0 Å². The third-order valence-electron chi connectivity index (χ3n) is 1.30. The first-order chi connectivity index (χ1) is 6.31. The molecule has 0 fully saturated rings. The van der Waals surface area contributed by atoms with Crippen LogP contribution in [-0.2, 0) is 9.53 Å². The average Bonchev–Trinajstić information content (AvgIpc) is 2.11. The SMILES string of the molecule is CSCC(=O)NCCCOCCO. The molecule has 0 aliphatic heterocycles. The lowest BCUT2D eigenvalue weighted by atomic mass is 10.4. The Morgan fingerprint density at radius 2 is 2.31 bits per heavy atom. The van der Waals surface area contributed by atoms with E-state index >= 15 is 0 Å². The number of hydrogen-bond acceptors (Lipinski definition) is 4. The molecule has 1 amide bonds. The molecule has 78 valence electrons. The Kier molecular flexibility index (Phi) is 9.63. The second-order valence-corrected chi connectivity index (χ2v) is 3.34. The Labute approximate surface area is 83.0 Å². The van der Waals surface area contributed by atoms with Crippen molar-refractivity contribution < 1.29 is 14.6 Å². The van der Waals surface area contributed by atoms with Gasteiger partial charge in [-0.15, -0.1) is 0 Å². The largest absolute Gasteiger partial charge is 0.394 e. The number of rotatable bonds is 8. The van der Waals surface area contributed by atoms with Crippen molar-refractivity contribution in [3.8, 4) is 0 Å². The van der Waals surface area contributed by atoms with Crippen LogP contribution in [0.1, 0.15) is 6.42 Å². The van der Waals surface area contributed by atoms with Crippen LogP contribution in [0.25, 0.3) is 0 Å². The molecule has 0 aromatic rings. The molecule has 0 heterocycles. The Hall–Kier alpha value is -0.260. The van der Waals surface area contributed by atoms with Gasteiger partial charge in [-0.25, -0.2) is 0 Å². The maximum absolute atomic E-state index is 10.9. The van der Waals surface area contributed by atoms with Crippen LogP contribution >= 0.6 is 11.8 Å². The standard InChI is InChI=1S/C8H17NO3S/c1-13-7-8(11)9-3-2-5-12-6-4-10/h10H,2-7H2,1H3,(H,9,11). The summed E-state index contributed by atoms with van der Waals surface area (Å²) in [6, 6.07) is 0. The summed E-state index contributed by atoms with van der Waals surface area (Å²) in [6.07, 6.45) is 2.68.